The van der Waals surface area contributed by atoms with Crippen LogP contribution in [0.4, 0.5) is 0 Å². The SMILES string of the molecule is CC1=Cc2cc(C(C)(C)C)cc(C34CCCC3(C([NH])=O)[Si](C)(C)[Si](C)(C)[Si]4(C)C)c2C1. The number of carbonyl (C=O) groups is 1. The Bertz CT molecular complexity index is 1010. The van der Waals surface area contributed by atoms with Crippen molar-refractivity contribution in [3.63, 3.8) is 0 Å². The molecule has 2 unspecified atom stereocenters. The smallest absolute Gasteiger partial charge is 0.242 e. The summed E-state index contributed by atoms with van der Waals surface area (Å²) >= 11 is 0. The molecule has 0 aromatic heterocycles. The maximum Gasteiger partial charge on any atom is 0.242 e. The van der Waals surface area contributed by atoms with Gasteiger partial charge in [0.15, 0.2) is 0 Å². The highest BCUT2D eigenvalue weighted by atomic mass is 29.6. The molecule has 2 fully saturated rings. The number of allylic oxidation sites excluding steroid dienone is 1. The van der Waals surface area contributed by atoms with E-state index in [1.54, 1.807) is 0 Å². The highest BCUT2D eigenvalue weighted by Crippen LogP contribution is 2.76. The van der Waals surface area contributed by atoms with Crippen molar-refractivity contribution in [1.29, 1.82) is 0 Å². The third kappa shape index (κ3) is 2.41. The Morgan fingerprint density at radius 3 is 2.16 bits per heavy atom. The number of hydrogen-bond acceptors (Lipinski definition) is 1. The molecule has 1 aromatic carbocycles. The van der Waals surface area contributed by atoms with Crippen LogP contribution in [0.1, 0.15) is 69.2 Å². The number of carbonyl (C=O) groups excluding carboxylic acids is 1. The molecule has 0 bridgehead atoms. The van der Waals surface area contributed by atoms with Gasteiger partial charge >= 0.3 is 0 Å². The third-order valence-electron chi connectivity index (χ3n) is 10.9. The average molecular weight is 469 g/mol. The molecule has 1 amide bonds. The van der Waals surface area contributed by atoms with Gasteiger partial charge in [-0.05, 0) is 58.9 Å². The summed E-state index contributed by atoms with van der Waals surface area (Å²) in [6, 6.07) is 4.95. The molecule has 1 aliphatic heterocycles. The number of benzene rings is 1. The van der Waals surface area contributed by atoms with Crippen molar-refractivity contribution in [2.75, 3.05) is 0 Å². The molecule has 2 nitrogen and oxygen atoms in total. The molecule has 5 heteroatoms. The maximum absolute atomic E-state index is 13.6. The molecule has 4 rings (SSSR count). The lowest BCUT2D eigenvalue weighted by atomic mass is 9.77. The monoisotopic (exact) mass is 468 g/mol. The third-order valence-corrected chi connectivity index (χ3v) is 56.1. The van der Waals surface area contributed by atoms with Gasteiger partial charge in [0, 0.05) is 12.1 Å². The quantitative estimate of drug-likeness (QED) is 0.442. The Morgan fingerprint density at radius 1 is 1.00 bits per heavy atom. The van der Waals surface area contributed by atoms with Crippen LogP contribution in [0.25, 0.3) is 6.08 Å². The fourth-order valence-corrected chi connectivity index (χ4v) is 52.1. The molecule has 1 N–H and O–H groups in total. The first-order valence-electron chi connectivity index (χ1n) is 12.1. The van der Waals surface area contributed by atoms with E-state index in [0.717, 1.165) is 25.7 Å². The molecular weight excluding hydrogens is 427 g/mol. The second-order valence-corrected chi connectivity index (χ2v) is 41.3. The Hall–Kier alpha value is -0.919. The van der Waals surface area contributed by atoms with Crippen molar-refractivity contribution in [3.05, 3.63) is 40.0 Å². The van der Waals surface area contributed by atoms with Crippen LogP contribution in [-0.2, 0) is 21.7 Å². The predicted octanol–water partition coefficient (Wildman–Crippen LogP) is 6.75. The van der Waals surface area contributed by atoms with Crippen LogP contribution in [0.5, 0.6) is 0 Å². The van der Waals surface area contributed by atoms with Crippen molar-refractivity contribution in [3.8, 4) is 0 Å². The summed E-state index contributed by atoms with van der Waals surface area (Å²) in [6.45, 7) is 24.7. The van der Waals surface area contributed by atoms with Crippen LogP contribution in [-0.4, -0.2) is 28.2 Å². The normalized spacial score (nSPS) is 32.5. The molecule has 1 heterocycles. The van der Waals surface area contributed by atoms with Gasteiger partial charge in [-0.25, -0.2) is 0 Å². The highest BCUT2D eigenvalue weighted by molar-refractivity contribution is 7.72. The first-order valence-corrected chi connectivity index (χ1v) is 23.1. The summed E-state index contributed by atoms with van der Waals surface area (Å²) < 4.78 is 0. The molecular formula is C26H42NOSi3. The van der Waals surface area contributed by atoms with Crippen LogP contribution in [0.15, 0.2) is 17.7 Å². The standard InChI is InChI=1S/C26H42NOSi3/c1-18-14-19-16-20(24(2,3)4)17-22(21(19)15-18)25-12-11-13-26(25,23(27)28)30(7,8)31(9,10)29(25,5)6/h14,16-17,27H,11-13,15H2,1-10H3. The summed E-state index contributed by atoms with van der Waals surface area (Å²) in [6.07, 6.45) is 6.61. The zero-order valence-corrected chi connectivity index (χ0v) is 24.5. The minimum absolute atomic E-state index is 0.0614. The molecule has 31 heavy (non-hydrogen) atoms. The highest BCUT2D eigenvalue weighted by Gasteiger charge is 2.84. The molecule has 2 atom stereocenters. The van der Waals surface area contributed by atoms with E-state index in [1.165, 1.54) is 27.8 Å². The Kier molecular flexibility index (Phi) is 4.76. The zero-order valence-electron chi connectivity index (χ0n) is 21.5. The molecule has 1 saturated carbocycles. The summed E-state index contributed by atoms with van der Waals surface area (Å²) in [5.74, 6) is -0.210. The van der Waals surface area contributed by atoms with Gasteiger partial charge in [0.05, 0.1) is 15.2 Å². The summed E-state index contributed by atoms with van der Waals surface area (Å²) in [5.41, 5.74) is 16.1. The van der Waals surface area contributed by atoms with E-state index in [-0.39, 0.29) is 16.4 Å². The molecule has 0 spiro atoms. The van der Waals surface area contributed by atoms with Gasteiger partial charge in [-0.2, -0.15) is 0 Å². The summed E-state index contributed by atoms with van der Waals surface area (Å²) in [4.78, 5) is 13.6. The maximum atomic E-state index is 13.6. The lowest BCUT2D eigenvalue weighted by Gasteiger charge is -2.50. The van der Waals surface area contributed by atoms with E-state index in [1.807, 2.05) is 0 Å². The molecule has 1 saturated heterocycles. The molecule has 169 valence electrons. The fourth-order valence-electron chi connectivity index (χ4n) is 8.31. The van der Waals surface area contributed by atoms with Gasteiger partial charge in [0.1, 0.15) is 0 Å². The van der Waals surface area contributed by atoms with E-state index < -0.39 is 27.3 Å². The first-order chi connectivity index (χ1) is 14.0. The van der Waals surface area contributed by atoms with Gasteiger partial charge in [-0.15, -0.1) is 0 Å². The van der Waals surface area contributed by atoms with Crippen LogP contribution >= 0.6 is 0 Å². The zero-order chi connectivity index (χ0) is 23.4. The number of rotatable bonds is 2. The van der Waals surface area contributed by atoms with Crippen molar-refractivity contribution in [1.82, 2.24) is 5.73 Å². The van der Waals surface area contributed by atoms with Crippen LogP contribution in [0, 0.1) is 0 Å². The minimum Gasteiger partial charge on any atom is -0.273 e. The van der Waals surface area contributed by atoms with Crippen LogP contribution < -0.4 is 5.73 Å². The minimum atomic E-state index is -1.97. The molecule has 1 aromatic rings. The van der Waals surface area contributed by atoms with Gasteiger partial charge < -0.3 is 0 Å². The molecule has 2 aliphatic carbocycles. The number of amides is 1. The van der Waals surface area contributed by atoms with E-state index in [2.05, 4.69) is 85.2 Å². The van der Waals surface area contributed by atoms with Crippen molar-refractivity contribution in [2.24, 2.45) is 0 Å². The topological polar surface area (TPSA) is 40.9 Å². The van der Waals surface area contributed by atoms with E-state index >= 15 is 0 Å². The van der Waals surface area contributed by atoms with Crippen LogP contribution in [0.2, 0.25) is 44.3 Å². The first kappa shape index (κ1) is 23.2. The Labute approximate surface area is 192 Å². The largest absolute Gasteiger partial charge is 0.273 e. The predicted molar refractivity (Wildman–Crippen MR) is 141 cm³/mol. The van der Waals surface area contributed by atoms with E-state index in [9.17, 15) is 4.79 Å². The number of fused-ring (bicyclic) bond motifs is 2. The second-order valence-electron chi connectivity index (χ2n) is 13.4. The summed E-state index contributed by atoms with van der Waals surface area (Å²) in [7, 11) is -5.51. The van der Waals surface area contributed by atoms with Crippen molar-refractivity contribution in [2.45, 2.75) is 108 Å². The van der Waals surface area contributed by atoms with E-state index in [0.29, 0.717) is 0 Å². The Balaban J connectivity index is 2.17. The molecule has 3 aliphatic rings. The Morgan fingerprint density at radius 2 is 1.61 bits per heavy atom. The van der Waals surface area contributed by atoms with Crippen molar-refractivity contribution >= 4 is 34.3 Å². The lowest BCUT2D eigenvalue weighted by Crippen LogP contribution is -2.68. The number of hydrogen-bond donors (Lipinski definition) is 0. The molecule has 1 radical (unpaired) electrons. The summed E-state index contributed by atoms with van der Waals surface area (Å²) in [5, 5.41) is -0.458. The van der Waals surface area contributed by atoms with Crippen LogP contribution in [0.3, 0.4) is 0 Å². The number of nitrogens with one attached hydrogen (secondary N) is 1. The average Bonchev–Trinajstić information content (AvgIpc) is 3.22. The van der Waals surface area contributed by atoms with Gasteiger partial charge in [-0.1, -0.05) is 90.3 Å². The van der Waals surface area contributed by atoms with Crippen molar-refractivity contribution < 1.29 is 4.79 Å². The van der Waals surface area contributed by atoms with Gasteiger partial charge in [-0.3, -0.25) is 10.5 Å². The fraction of sp³-hybridized carbons (Fsp3) is 0.654. The van der Waals surface area contributed by atoms with E-state index in [4.69, 9.17) is 5.73 Å². The van der Waals surface area contributed by atoms with Gasteiger partial charge in [0.25, 0.3) is 0 Å². The lowest BCUT2D eigenvalue weighted by molar-refractivity contribution is -0.122. The second kappa shape index (κ2) is 6.35. The van der Waals surface area contributed by atoms with Gasteiger partial charge in [0.2, 0.25) is 5.91 Å².